The Morgan fingerprint density at radius 1 is 1.28 bits per heavy atom. The van der Waals surface area contributed by atoms with E-state index in [1.165, 1.54) is 18.5 Å². The summed E-state index contributed by atoms with van der Waals surface area (Å²) in [5.41, 5.74) is 2.08. The second-order valence-electron chi connectivity index (χ2n) is 5.76. The summed E-state index contributed by atoms with van der Waals surface area (Å²) in [5.74, 6) is 1.08. The molecule has 0 aromatic heterocycles. The summed E-state index contributed by atoms with van der Waals surface area (Å²) < 4.78 is 0. The Morgan fingerprint density at radius 3 is 2.50 bits per heavy atom. The normalized spacial score (nSPS) is 20.2. The van der Waals surface area contributed by atoms with Gasteiger partial charge < -0.3 is 4.90 Å². The van der Waals surface area contributed by atoms with Crippen LogP contribution in [0.4, 0.5) is 5.69 Å². The molecule has 0 N–H and O–H groups in total. The molecule has 0 bridgehead atoms. The number of nitrogens with zero attached hydrogens (tertiary/aromatic N) is 1. The quantitative estimate of drug-likeness (QED) is 0.756. The fourth-order valence-electron chi connectivity index (χ4n) is 2.59. The number of carbonyl (C=O) groups is 1. The minimum atomic E-state index is 0.0749. The van der Waals surface area contributed by atoms with Crippen molar-refractivity contribution in [2.24, 2.45) is 11.8 Å². The Hall–Kier alpha value is -1.31. The van der Waals surface area contributed by atoms with Gasteiger partial charge in [0.2, 0.25) is 0 Å². The Labute approximate surface area is 110 Å². The molecular formula is C16H23NO. The van der Waals surface area contributed by atoms with Crippen molar-refractivity contribution in [2.75, 3.05) is 18.0 Å². The summed E-state index contributed by atoms with van der Waals surface area (Å²) in [6.07, 6.45) is 2.61. The second kappa shape index (κ2) is 5.55. The molecule has 1 aliphatic rings. The van der Waals surface area contributed by atoms with Crippen LogP contribution in [0.5, 0.6) is 0 Å². The van der Waals surface area contributed by atoms with Crippen LogP contribution in [0.25, 0.3) is 0 Å². The molecule has 0 radical (unpaired) electrons. The molecule has 1 aliphatic heterocycles. The molecular weight excluding hydrogens is 222 g/mol. The number of carbonyl (C=O) groups excluding carboxylic acids is 1. The second-order valence-corrected chi connectivity index (χ2v) is 5.76. The molecule has 0 amide bonds. The lowest BCUT2D eigenvalue weighted by atomic mass is 9.98. The monoisotopic (exact) mass is 245 g/mol. The van der Waals surface area contributed by atoms with Gasteiger partial charge in [-0.3, -0.25) is 4.79 Å². The topological polar surface area (TPSA) is 20.3 Å². The molecule has 2 rings (SSSR count). The maximum atomic E-state index is 11.9. The molecule has 1 saturated heterocycles. The van der Waals surface area contributed by atoms with Crippen LogP contribution in [0.15, 0.2) is 24.3 Å². The molecule has 1 atom stereocenters. The van der Waals surface area contributed by atoms with Crippen LogP contribution in [0.2, 0.25) is 0 Å². The number of benzene rings is 1. The van der Waals surface area contributed by atoms with Crippen LogP contribution in [0, 0.1) is 11.8 Å². The first-order valence-electron chi connectivity index (χ1n) is 6.97. The van der Waals surface area contributed by atoms with Crippen molar-refractivity contribution >= 4 is 11.5 Å². The number of rotatable bonds is 3. The largest absolute Gasteiger partial charge is 0.371 e. The molecule has 0 spiro atoms. The van der Waals surface area contributed by atoms with E-state index in [0.717, 1.165) is 24.6 Å². The molecule has 0 aliphatic carbocycles. The van der Waals surface area contributed by atoms with Crippen molar-refractivity contribution in [2.45, 2.75) is 33.6 Å². The van der Waals surface area contributed by atoms with E-state index in [4.69, 9.17) is 0 Å². The van der Waals surface area contributed by atoms with Crippen LogP contribution in [0.3, 0.4) is 0 Å². The first kappa shape index (κ1) is 13.1. The molecule has 1 heterocycles. The first-order valence-corrected chi connectivity index (χ1v) is 6.97. The molecule has 2 nitrogen and oxygen atoms in total. The Kier molecular flexibility index (Phi) is 4.05. The molecule has 98 valence electrons. The van der Waals surface area contributed by atoms with Gasteiger partial charge in [-0.2, -0.15) is 0 Å². The van der Waals surface area contributed by atoms with Crippen molar-refractivity contribution in [3.05, 3.63) is 29.8 Å². The minimum absolute atomic E-state index is 0.0749. The lowest BCUT2D eigenvalue weighted by Crippen LogP contribution is -2.34. The number of hydrogen-bond donors (Lipinski definition) is 0. The number of ketones is 1. The predicted octanol–water partition coefficient (Wildman–Crippen LogP) is 3.76. The lowest BCUT2D eigenvalue weighted by Gasteiger charge is -2.32. The van der Waals surface area contributed by atoms with Gasteiger partial charge in [0, 0.05) is 30.3 Å². The third kappa shape index (κ3) is 2.92. The summed E-state index contributed by atoms with van der Waals surface area (Å²) in [7, 11) is 0. The maximum absolute atomic E-state index is 11.9. The number of Topliss-reactive ketones (excluding diaryl/α,β-unsaturated/α-hetero) is 1. The minimum Gasteiger partial charge on any atom is -0.371 e. The van der Waals surface area contributed by atoms with Gasteiger partial charge in [-0.1, -0.05) is 20.8 Å². The summed E-state index contributed by atoms with van der Waals surface area (Å²) in [6.45, 7) is 8.48. The highest BCUT2D eigenvalue weighted by atomic mass is 16.1. The van der Waals surface area contributed by atoms with E-state index in [0.29, 0.717) is 0 Å². The van der Waals surface area contributed by atoms with Crippen LogP contribution in [0.1, 0.15) is 44.0 Å². The summed E-state index contributed by atoms with van der Waals surface area (Å²) >= 11 is 0. The van der Waals surface area contributed by atoms with E-state index >= 15 is 0 Å². The van der Waals surface area contributed by atoms with Gasteiger partial charge in [0.05, 0.1) is 0 Å². The number of piperidine rings is 1. The Bertz CT molecular complexity index is 408. The van der Waals surface area contributed by atoms with Gasteiger partial charge >= 0.3 is 0 Å². The number of hydrogen-bond acceptors (Lipinski definition) is 2. The molecule has 1 fully saturated rings. The van der Waals surface area contributed by atoms with Gasteiger partial charge in [0.15, 0.2) is 5.78 Å². The van der Waals surface area contributed by atoms with Gasteiger partial charge in [0.25, 0.3) is 0 Å². The van der Waals surface area contributed by atoms with Crippen molar-refractivity contribution in [3.63, 3.8) is 0 Å². The summed E-state index contributed by atoms with van der Waals surface area (Å²) in [5, 5.41) is 0. The molecule has 0 saturated carbocycles. The Balaban J connectivity index is 2.10. The van der Waals surface area contributed by atoms with E-state index < -0.39 is 0 Å². The van der Waals surface area contributed by atoms with Crippen LogP contribution in [-0.2, 0) is 0 Å². The standard InChI is InChI=1S/C16H23NO/c1-12(2)16(18)14-6-8-15(9-7-14)17-10-4-5-13(3)11-17/h6-9,12-13H,4-5,10-11H2,1-3H3. The third-order valence-electron chi connectivity index (χ3n) is 3.70. The van der Waals surface area contributed by atoms with E-state index in [9.17, 15) is 4.79 Å². The zero-order valence-electron chi connectivity index (χ0n) is 11.6. The SMILES string of the molecule is CC1CCCN(c2ccc(C(=O)C(C)C)cc2)C1. The maximum Gasteiger partial charge on any atom is 0.165 e. The van der Waals surface area contributed by atoms with Crippen LogP contribution < -0.4 is 4.90 Å². The van der Waals surface area contributed by atoms with Gasteiger partial charge in [-0.25, -0.2) is 0 Å². The number of anilines is 1. The Morgan fingerprint density at radius 2 is 1.94 bits per heavy atom. The predicted molar refractivity (Wildman–Crippen MR) is 76.2 cm³/mol. The molecule has 1 aromatic rings. The fourth-order valence-corrected chi connectivity index (χ4v) is 2.59. The lowest BCUT2D eigenvalue weighted by molar-refractivity contribution is 0.0939. The van der Waals surface area contributed by atoms with Gasteiger partial charge in [-0.05, 0) is 43.0 Å². The fraction of sp³-hybridized carbons (Fsp3) is 0.562. The van der Waals surface area contributed by atoms with E-state index in [1.807, 2.05) is 26.0 Å². The molecule has 1 unspecified atom stereocenters. The molecule has 1 aromatic carbocycles. The summed E-state index contributed by atoms with van der Waals surface area (Å²) in [4.78, 5) is 14.3. The van der Waals surface area contributed by atoms with Crippen molar-refractivity contribution in [1.29, 1.82) is 0 Å². The van der Waals surface area contributed by atoms with Crippen LogP contribution >= 0.6 is 0 Å². The molecule has 2 heteroatoms. The zero-order valence-corrected chi connectivity index (χ0v) is 11.6. The molecule has 18 heavy (non-hydrogen) atoms. The first-order chi connectivity index (χ1) is 8.58. The van der Waals surface area contributed by atoms with Crippen LogP contribution in [-0.4, -0.2) is 18.9 Å². The van der Waals surface area contributed by atoms with E-state index in [1.54, 1.807) is 0 Å². The highest BCUT2D eigenvalue weighted by Gasteiger charge is 2.17. The van der Waals surface area contributed by atoms with Crippen molar-refractivity contribution in [3.8, 4) is 0 Å². The van der Waals surface area contributed by atoms with Gasteiger partial charge in [0.1, 0.15) is 0 Å². The van der Waals surface area contributed by atoms with Crippen molar-refractivity contribution < 1.29 is 4.79 Å². The van der Waals surface area contributed by atoms with Gasteiger partial charge in [-0.15, -0.1) is 0 Å². The third-order valence-corrected chi connectivity index (χ3v) is 3.70. The average molecular weight is 245 g/mol. The van der Waals surface area contributed by atoms with E-state index in [-0.39, 0.29) is 11.7 Å². The van der Waals surface area contributed by atoms with Crippen molar-refractivity contribution in [1.82, 2.24) is 0 Å². The highest BCUT2D eigenvalue weighted by molar-refractivity contribution is 5.97. The summed E-state index contributed by atoms with van der Waals surface area (Å²) in [6, 6.07) is 8.12. The average Bonchev–Trinajstić information content (AvgIpc) is 2.38. The smallest absolute Gasteiger partial charge is 0.165 e. The van der Waals surface area contributed by atoms with E-state index in [2.05, 4.69) is 24.0 Å². The zero-order chi connectivity index (χ0) is 13.1. The highest BCUT2D eigenvalue weighted by Crippen LogP contribution is 2.23.